The summed E-state index contributed by atoms with van der Waals surface area (Å²) < 4.78 is 5.91. The lowest BCUT2D eigenvalue weighted by Gasteiger charge is -2.14. The van der Waals surface area contributed by atoms with E-state index in [1.807, 2.05) is 0 Å². The normalized spacial score (nSPS) is 14.1. The molecule has 1 heterocycles. The van der Waals surface area contributed by atoms with Gasteiger partial charge in [0.05, 0.1) is 11.0 Å². The Bertz CT molecular complexity index is 609. The number of hydrogen-bond acceptors (Lipinski definition) is 4. The lowest BCUT2D eigenvalue weighted by molar-refractivity contribution is -0.136. The van der Waals surface area contributed by atoms with Crippen molar-refractivity contribution in [2.24, 2.45) is 0 Å². The highest BCUT2D eigenvalue weighted by atomic mass is 79.9. The summed E-state index contributed by atoms with van der Waals surface area (Å²) in [7, 11) is 0. The molecule has 0 radical (unpaired) electrons. The molecule has 1 saturated heterocycles. The van der Waals surface area contributed by atoms with E-state index in [-0.39, 0.29) is 19.1 Å². The summed E-state index contributed by atoms with van der Waals surface area (Å²) in [6.07, 6.45) is 1.20. The van der Waals surface area contributed by atoms with Gasteiger partial charge in [0.25, 0.3) is 5.91 Å². The number of ether oxygens (including phenoxy) is 1. The molecular weight excluding hydrogens is 376 g/mol. The second kappa shape index (κ2) is 7.60. The van der Waals surface area contributed by atoms with E-state index in [1.54, 1.807) is 18.2 Å². The fourth-order valence-corrected chi connectivity index (χ4v) is 2.81. The summed E-state index contributed by atoms with van der Waals surface area (Å²) in [6.45, 7) is 0.143. The standard InChI is InChI=1S/C14H14BrClN2O4/c15-10-6-9(16)3-4-11(10)22-8-13(20)17-12(19)7-18-5-1-2-14(18)21/h3-4,6H,1-2,5,7-8H2,(H,17,19,20). The summed E-state index contributed by atoms with van der Waals surface area (Å²) in [6, 6.07) is 4.88. The zero-order chi connectivity index (χ0) is 16.1. The molecule has 1 aromatic carbocycles. The van der Waals surface area contributed by atoms with Crippen LogP contribution in [-0.2, 0) is 14.4 Å². The quantitative estimate of drug-likeness (QED) is 0.832. The number of amides is 3. The van der Waals surface area contributed by atoms with Crippen molar-refractivity contribution in [1.82, 2.24) is 10.2 Å². The lowest BCUT2D eigenvalue weighted by atomic mass is 10.3. The van der Waals surface area contributed by atoms with Gasteiger partial charge in [0.2, 0.25) is 11.8 Å². The van der Waals surface area contributed by atoms with E-state index in [0.29, 0.717) is 28.2 Å². The van der Waals surface area contributed by atoms with Crippen molar-refractivity contribution in [3.8, 4) is 5.75 Å². The van der Waals surface area contributed by atoms with Gasteiger partial charge in [0.1, 0.15) is 5.75 Å². The highest BCUT2D eigenvalue weighted by Gasteiger charge is 2.23. The topological polar surface area (TPSA) is 75.7 Å². The van der Waals surface area contributed by atoms with E-state index in [2.05, 4.69) is 21.2 Å². The van der Waals surface area contributed by atoms with Crippen molar-refractivity contribution in [3.05, 3.63) is 27.7 Å². The van der Waals surface area contributed by atoms with Gasteiger partial charge in [-0.2, -0.15) is 0 Å². The molecule has 6 nitrogen and oxygen atoms in total. The average Bonchev–Trinajstić information content (AvgIpc) is 2.83. The van der Waals surface area contributed by atoms with Crippen LogP contribution in [0.1, 0.15) is 12.8 Å². The SMILES string of the molecule is O=C(COc1ccc(Cl)cc1Br)NC(=O)CN1CCCC1=O. The number of imide groups is 1. The Labute approximate surface area is 140 Å². The minimum absolute atomic E-state index is 0.0658. The van der Waals surface area contributed by atoms with Crippen LogP contribution in [0, 0.1) is 0 Å². The Kier molecular flexibility index (Phi) is 5.79. The number of hydrogen-bond donors (Lipinski definition) is 1. The monoisotopic (exact) mass is 388 g/mol. The molecule has 1 aliphatic heterocycles. The molecule has 22 heavy (non-hydrogen) atoms. The number of rotatable bonds is 5. The summed E-state index contributed by atoms with van der Waals surface area (Å²) in [5.74, 6) is -0.705. The van der Waals surface area contributed by atoms with Crippen LogP contribution in [0.25, 0.3) is 0 Å². The highest BCUT2D eigenvalue weighted by Crippen LogP contribution is 2.27. The number of benzene rings is 1. The fraction of sp³-hybridized carbons (Fsp3) is 0.357. The van der Waals surface area contributed by atoms with Crippen molar-refractivity contribution >= 4 is 45.3 Å². The first-order valence-electron chi connectivity index (χ1n) is 6.64. The third-order valence-corrected chi connectivity index (χ3v) is 3.89. The van der Waals surface area contributed by atoms with E-state index in [9.17, 15) is 14.4 Å². The van der Waals surface area contributed by atoms with Gasteiger partial charge in [0, 0.05) is 18.0 Å². The maximum Gasteiger partial charge on any atom is 0.264 e. The summed E-state index contributed by atoms with van der Waals surface area (Å²) in [4.78, 5) is 36.1. The smallest absolute Gasteiger partial charge is 0.264 e. The molecule has 2 rings (SSSR count). The van der Waals surface area contributed by atoms with Crippen LogP contribution < -0.4 is 10.1 Å². The predicted molar refractivity (Wildman–Crippen MR) is 83.6 cm³/mol. The zero-order valence-corrected chi connectivity index (χ0v) is 13.9. The molecule has 0 bridgehead atoms. The molecule has 0 aliphatic carbocycles. The molecule has 118 valence electrons. The van der Waals surface area contributed by atoms with Crippen LogP contribution >= 0.6 is 27.5 Å². The Hall–Kier alpha value is -1.60. The van der Waals surface area contributed by atoms with E-state index < -0.39 is 11.8 Å². The Morgan fingerprint density at radius 2 is 2.14 bits per heavy atom. The summed E-state index contributed by atoms with van der Waals surface area (Å²) in [5.41, 5.74) is 0. The zero-order valence-electron chi connectivity index (χ0n) is 11.6. The van der Waals surface area contributed by atoms with Gasteiger partial charge in [-0.15, -0.1) is 0 Å². The minimum atomic E-state index is -0.571. The van der Waals surface area contributed by atoms with E-state index in [4.69, 9.17) is 16.3 Å². The average molecular weight is 390 g/mol. The van der Waals surface area contributed by atoms with Crippen molar-refractivity contribution in [2.45, 2.75) is 12.8 Å². The first-order chi connectivity index (χ1) is 10.5. The van der Waals surface area contributed by atoms with Crippen molar-refractivity contribution < 1.29 is 19.1 Å². The number of halogens is 2. The van der Waals surface area contributed by atoms with Crippen LogP contribution in [-0.4, -0.2) is 42.3 Å². The molecular formula is C14H14BrClN2O4. The van der Waals surface area contributed by atoms with Crippen molar-refractivity contribution in [3.63, 3.8) is 0 Å². The molecule has 1 N–H and O–H groups in total. The lowest BCUT2D eigenvalue weighted by Crippen LogP contribution is -2.42. The summed E-state index contributed by atoms with van der Waals surface area (Å²) in [5, 5.41) is 2.73. The first kappa shape index (κ1) is 16.8. The van der Waals surface area contributed by atoms with Crippen LogP contribution in [0.4, 0.5) is 0 Å². The third-order valence-electron chi connectivity index (χ3n) is 3.04. The van der Waals surface area contributed by atoms with Crippen LogP contribution in [0.15, 0.2) is 22.7 Å². The van der Waals surface area contributed by atoms with E-state index >= 15 is 0 Å². The second-order valence-electron chi connectivity index (χ2n) is 4.75. The Morgan fingerprint density at radius 3 is 2.77 bits per heavy atom. The Balaban J connectivity index is 1.77. The van der Waals surface area contributed by atoms with Crippen molar-refractivity contribution in [1.29, 1.82) is 0 Å². The summed E-state index contributed by atoms with van der Waals surface area (Å²) >= 11 is 9.06. The number of likely N-dealkylation sites (tertiary alicyclic amines) is 1. The Morgan fingerprint density at radius 1 is 1.36 bits per heavy atom. The van der Waals surface area contributed by atoms with E-state index in [1.165, 1.54) is 4.90 Å². The van der Waals surface area contributed by atoms with Gasteiger partial charge in [-0.3, -0.25) is 19.7 Å². The highest BCUT2D eigenvalue weighted by molar-refractivity contribution is 9.10. The molecule has 1 fully saturated rings. The van der Waals surface area contributed by atoms with E-state index in [0.717, 1.165) is 6.42 Å². The molecule has 0 saturated carbocycles. The maximum absolute atomic E-state index is 11.7. The second-order valence-corrected chi connectivity index (χ2v) is 6.04. The van der Waals surface area contributed by atoms with Crippen LogP contribution in [0.5, 0.6) is 5.75 Å². The van der Waals surface area contributed by atoms with Gasteiger partial charge < -0.3 is 9.64 Å². The van der Waals surface area contributed by atoms with Crippen LogP contribution in [0.3, 0.4) is 0 Å². The largest absolute Gasteiger partial charge is 0.483 e. The molecule has 0 unspecified atom stereocenters. The molecule has 0 spiro atoms. The van der Waals surface area contributed by atoms with Gasteiger partial charge in [-0.1, -0.05) is 11.6 Å². The molecule has 0 atom stereocenters. The number of carbonyl (C=O) groups is 3. The number of nitrogens with one attached hydrogen (secondary N) is 1. The first-order valence-corrected chi connectivity index (χ1v) is 7.81. The fourth-order valence-electron chi connectivity index (χ4n) is 2.01. The van der Waals surface area contributed by atoms with Gasteiger partial charge in [-0.05, 0) is 40.5 Å². The van der Waals surface area contributed by atoms with Gasteiger partial charge in [-0.25, -0.2) is 0 Å². The third kappa shape index (κ3) is 4.71. The number of nitrogens with zero attached hydrogens (tertiary/aromatic N) is 1. The van der Waals surface area contributed by atoms with Crippen molar-refractivity contribution in [2.75, 3.05) is 19.7 Å². The molecule has 0 aromatic heterocycles. The van der Waals surface area contributed by atoms with Gasteiger partial charge >= 0.3 is 0 Å². The molecule has 8 heteroatoms. The predicted octanol–water partition coefficient (Wildman–Crippen LogP) is 1.75. The number of carbonyl (C=O) groups excluding carboxylic acids is 3. The molecule has 1 aliphatic rings. The maximum atomic E-state index is 11.7. The van der Waals surface area contributed by atoms with Crippen LogP contribution in [0.2, 0.25) is 5.02 Å². The molecule has 3 amide bonds. The molecule has 1 aromatic rings. The minimum Gasteiger partial charge on any atom is -0.483 e. The van der Waals surface area contributed by atoms with Gasteiger partial charge in [0.15, 0.2) is 6.61 Å².